The van der Waals surface area contributed by atoms with Crippen molar-refractivity contribution in [3.8, 4) is 11.3 Å². The molecular formula is C22H17N3O2S. The maximum atomic E-state index is 12.9. The first-order valence-electron chi connectivity index (χ1n) is 9.09. The molecule has 0 aliphatic carbocycles. The summed E-state index contributed by atoms with van der Waals surface area (Å²) in [6.07, 6.45) is 2.57. The molecule has 0 saturated heterocycles. The minimum absolute atomic E-state index is 0.168. The molecule has 4 aromatic rings. The average Bonchev–Trinajstić information content (AvgIpc) is 3.32. The first kappa shape index (κ1) is 16.9. The summed E-state index contributed by atoms with van der Waals surface area (Å²) in [5.41, 5.74) is 4.51. The summed E-state index contributed by atoms with van der Waals surface area (Å²) in [5.74, 6) is -0.389. The van der Waals surface area contributed by atoms with E-state index in [0.29, 0.717) is 11.1 Å². The maximum absolute atomic E-state index is 12.9. The van der Waals surface area contributed by atoms with Gasteiger partial charge < -0.3 is 9.88 Å². The van der Waals surface area contributed by atoms with Gasteiger partial charge in [-0.1, -0.05) is 24.3 Å². The number of nitrogens with one attached hydrogen (secondary N) is 1. The molecule has 1 amide bonds. The minimum atomic E-state index is -0.389. The number of aromatic nitrogens is 2. The van der Waals surface area contributed by atoms with Gasteiger partial charge in [0.25, 0.3) is 5.91 Å². The normalized spacial score (nSPS) is 12.5. The Morgan fingerprint density at radius 1 is 1.21 bits per heavy atom. The van der Waals surface area contributed by atoms with Crippen LogP contribution in [0.3, 0.4) is 0 Å². The maximum Gasteiger partial charge on any atom is 0.261 e. The van der Waals surface area contributed by atoms with Gasteiger partial charge in [-0.2, -0.15) is 0 Å². The van der Waals surface area contributed by atoms with Crippen molar-refractivity contribution in [2.24, 2.45) is 0 Å². The zero-order valence-corrected chi connectivity index (χ0v) is 16.0. The van der Waals surface area contributed by atoms with Gasteiger partial charge in [0.05, 0.1) is 16.2 Å². The van der Waals surface area contributed by atoms with E-state index in [-0.39, 0.29) is 16.9 Å². The zero-order chi connectivity index (χ0) is 19.3. The third-order valence-electron chi connectivity index (χ3n) is 5.08. The van der Waals surface area contributed by atoms with Crippen molar-refractivity contribution in [3.05, 3.63) is 80.4 Å². The number of thiazole rings is 1. The highest BCUT2D eigenvalue weighted by Crippen LogP contribution is 2.26. The van der Waals surface area contributed by atoms with Crippen LogP contribution >= 0.6 is 11.3 Å². The van der Waals surface area contributed by atoms with Gasteiger partial charge in [-0.15, -0.1) is 11.3 Å². The van der Waals surface area contributed by atoms with E-state index in [2.05, 4.69) is 10.3 Å². The molecule has 28 heavy (non-hydrogen) atoms. The van der Waals surface area contributed by atoms with Crippen LogP contribution in [0, 0.1) is 6.92 Å². The molecule has 138 valence electrons. The van der Waals surface area contributed by atoms with E-state index in [0.717, 1.165) is 40.3 Å². The summed E-state index contributed by atoms with van der Waals surface area (Å²) in [5, 5.41) is 6.46. The predicted molar refractivity (Wildman–Crippen MR) is 112 cm³/mol. The smallest absolute Gasteiger partial charge is 0.261 e. The molecule has 0 unspecified atom stereocenters. The van der Waals surface area contributed by atoms with Crippen LogP contribution in [0.4, 0.5) is 5.69 Å². The third kappa shape index (κ3) is 2.73. The van der Waals surface area contributed by atoms with Crippen molar-refractivity contribution < 1.29 is 4.79 Å². The summed E-state index contributed by atoms with van der Waals surface area (Å²) in [7, 11) is 0. The second-order valence-corrected chi connectivity index (χ2v) is 7.98. The lowest BCUT2D eigenvalue weighted by Crippen LogP contribution is -2.23. The van der Waals surface area contributed by atoms with Gasteiger partial charge in [-0.3, -0.25) is 9.59 Å². The van der Waals surface area contributed by atoms with Crippen LogP contribution in [0.5, 0.6) is 0 Å². The number of carbonyl (C=O) groups is 1. The van der Waals surface area contributed by atoms with Gasteiger partial charge in [0.15, 0.2) is 0 Å². The Hall–Kier alpha value is -3.25. The van der Waals surface area contributed by atoms with Crippen molar-refractivity contribution in [3.63, 3.8) is 0 Å². The molecule has 1 aliphatic rings. The van der Waals surface area contributed by atoms with Gasteiger partial charge >= 0.3 is 0 Å². The van der Waals surface area contributed by atoms with E-state index in [1.165, 1.54) is 0 Å². The number of rotatable bonds is 3. The van der Waals surface area contributed by atoms with Crippen LogP contribution in [-0.4, -0.2) is 15.5 Å². The van der Waals surface area contributed by atoms with Crippen LogP contribution in [0.1, 0.15) is 20.9 Å². The topological polar surface area (TPSA) is 64.0 Å². The Morgan fingerprint density at radius 2 is 2.07 bits per heavy atom. The Bertz CT molecular complexity index is 1300. The Balaban J connectivity index is 1.51. The quantitative estimate of drug-likeness (QED) is 0.572. The van der Waals surface area contributed by atoms with E-state index in [4.69, 9.17) is 0 Å². The molecule has 1 aliphatic heterocycles. The first-order chi connectivity index (χ1) is 13.6. The Labute approximate surface area is 165 Å². The fourth-order valence-electron chi connectivity index (χ4n) is 3.77. The highest BCUT2D eigenvalue weighted by molar-refractivity contribution is 7.09. The average molecular weight is 387 g/mol. The van der Waals surface area contributed by atoms with E-state index in [1.54, 1.807) is 23.6 Å². The van der Waals surface area contributed by atoms with Crippen LogP contribution in [0.15, 0.2) is 58.8 Å². The van der Waals surface area contributed by atoms with Crippen LogP contribution in [0.2, 0.25) is 0 Å². The number of amides is 1. The molecule has 5 rings (SSSR count). The van der Waals surface area contributed by atoms with Crippen LogP contribution < -0.4 is 10.7 Å². The molecule has 2 aromatic carbocycles. The summed E-state index contributed by atoms with van der Waals surface area (Å²) < 4.78 is 2.01. The van der Waals surface area contributed by atoms with Gasteiger partial charge in [0.2, 0.25) is 5.43 Å². The molecule has 5 nitrogen and oxygen atoms in total. The predicted octanol–water partition coefficient (Wildman–Crippen LogP) is 4.24. The monoisotopic (exact) mass is 387 g/mol. The van der Waals surface area contributed by atoms with Crippen molar-refractivity contribution in [2.45, 2.75) is 19.9 Å². The van der Waals surface area contributed by atoms with Gasteiger partial charge in [0, 0.05) is 34.8 Å². The molecule has 1 N–H and O–H groups in total. The second-order valence-electron chi connectivity index (χ2n) is 6.92. The molecule has 0 saturated carbocycles. The highest BCUT2D eigenvalue weighted by Gasteiger charge is 2.20. The van der Waals surface area contributed by atoms with Gasteiger partial charge in [-0.05, 0) is 37.1 Å². The molecule has 3 heterocycles. The number of anilines is 1. The molecule has 0 atom stereocenters. The first-order valence-corrected chi connectivity index (χ1v) is 9.97. The lowest BCUT2D eigenvalue weighted by atomic mass is 10.1. The molecule has 0 radical (unpaired) electrons. The van der Waals surface area contributed by atoms with Crippen molar-refractivity contribution in [2.75, 3.05) is 5.32 Å². The van der Waals surface area contributed by atoms with Crippen molar-refractivity contribution in [1.29, 1.82) is 0 Å². The van der Waals surface area contributed by atoms with E-state index >= 15 is 0 Å². The summed E-state index contributed by atoms with van der Waals surface area (Å²) >= 11 is 1.59. The summed E-state index contributed by atoms with van der Waals surface area (Å²) in [4.78, 5) is 30.3. The molecule has 0 fully saturated rings. The summed E-state index contributed by atoms with van der Waals surface area (Å²) in [6, 6.07) is 13.2. The molecule has 6 heteroatoms. The lowest BCUT2D eigenvalue weighted by molar-refractivity contribution is 0.102. The Morgan fingerprint density at radius 3 is 2.89 bits per heavy atom. The molecule has 0 spiro atoms. The molecule has 0 bridgehead atoms. The fraction of sp³-hybridized carbons (Fsp3) is 0.136. The number of carbonyl (C=O) groups excluding carboxylic acids is 1. The van der Waals surface area contributed by atoms with E-state index < -0.39 is 0 Å². The summed E-state index contributed by atoms with van der Waals surface area (Å²) in [6.45, 7) is 2.75. The van der Waals surface area contributed by atoms with Crippen molar-refractivity contribution in [1.82, 2.24) is 9.55 Å². The number of hydrogen-bond acceptors (Lipinski definition) is 4. The van der Waals surface area contributed by atoms with E-state index in [1.807, 2.05) is 53.3 Å². The number of aryl methyl sites for hydroxylation is 3. The van der Waals surface area contributed by atoms with E-state index in [9.17, 15) is 9.59 Å². The zero-order valence-electron chi connectivity index (χ0n) is 15.2. The minimum Gasteiger partial charge on any atom is -0.346 e. The number of pyridine rings is 1. The lowest BCUT2D eigenvalue weighted by Gasteiger charge is -2.10. The highest BCUT2D eigenvalue weighted by atomic mass is 32.1. The number of para-hydroxylation sites is 1. The van der Waals surface area contributed by atoms with Gasteiger partial charge in [-0.25, -0.2) is 4.98 Å². The standard InChI is InChI=1S/C22H17N3O2S/c1-13-23-19(12-28-13)15-5-2-6-16(10-15)24-22(27)18-11-25-9-8-14-4-3-7-17(20(14)25)21(18)26/h2-7,10-12H,8-9H2,1H3,(H,24,27). The number of hydrogen-bond donors (Lipinski definition) is 1. The second kappa shape index (κ2) is 6.42. The van der Waals surface area contributed by atoms with Crippen LogP contribution in [0.25, 0.3) is 22.2 Å². The van der Waals surface area contributed by atoms with Crippen molar-refractivity contribution >= 4 is 33.8 Å². The molecule has 2 aromatic heterocycles. The largest absolute Gasteiger partial charge is 0.346 e. The number of benzene rings is 2. The fourth-order valence-corrected chi connectivity index (χ4v) is 4.39. The number of nitrogens with zero attached hydrogens (tertiary/aromatic N) is 2. The SMILES string of the molecule is Cc1nc(-c2cccc(NC(=O)c3cn4c5c(cccc5c3=O)CC4)c2)cs1. The third-order valence-corrected chi connectivity index (χ3v) is 5.86. The van der Waals surface area contributed by atoms with Gasteiger partial charge in [0.1, 0.15) is 5.56 Å². The Kier molecular flexibility index (Phi) is 3.87. The van der Waals surface area contributed by atoms with Crippen LogP contribution in [-0.2, 0) is 13.0 Å². The molecular weight excluding hydrogens is 370 g/mol.